The molecular formula is C23H20O13. The molecule has 0 aliphatic carbocycles. The van der Waals surface area contributed by atoms with E-state index in [0.29, 0.717) is 0 Å². The molecule has 0 spiro atoms. The Bertz CT molecular complexity index is 1620. The van der Waals surface area contributed by atoms with Crippen LogP contribution in [-0.4, -0.2) is 64.2 Å². The van der Waals surface area contributed by atoms with E-state index in [1.54, 1.807) is 0 Å². The van der Waals surface area contributed by atoms with Crippen LogP contribution in [0.1, 0.15) is 13.8 Å². The molecule has 5 atom stereocenters. The second-order valence-electron chi connectivity index (χ2n) is 8.32. The van der Waals surface area contributed by atoms with Crippen molar-refractivity contribution < 1.29 is 53.0 Å². The van der Waals surface area contributed by atoms with E-state index < -0.39 is 70.8 Å². The number of benzene rings is 2. The number of ether oxygens (including phenoxy) is 4. The summed E-state index contributed by atoms with van der Waals surface area (Å²) in [6, 6.07) is 2.18. The SMILES string of the molecule is COc1c(O)cc2c(=O)oc3c(O)c(OC4OC(C)C(O)C(OC(C)=O)C4O)cc4c(=O)oc1c2c34. The van der Waals surface area contributed by atoms with Crippen molar-refractivity contribution in [3.05, 3.63) is 33.0 Å². The fourth-order valence-corrected chi connectivity index (χ4v) is 4.40. The van der Waals surface area contributed by atoms with Crippen LogP contribution in [-0.2, 0) is 14.3 Å². The molecule has 5 rings (SSSR count). The summed E-state index contributed by atoms with van der Waals surface area (Å²) in [6.45, 7) is 2.54. The molecule has 2 aromatic carbocycles. The number of aliphatic hydroxyl groups excluding tert-OH is 2. The van der Waals surface area contributed by atoms with Gasteiger partial charge in [0.15, 0.2) is 34.9 Å². The molecule has 1 saturated heterocycles. The monoisotopic (exact) mass is 504 g/mol. The molecule has 4 aromatic rings. The molecule has 2 aromatic heterocycles. The zero-order valence-electron chi connectivity index (χ0n) is 19.0. The van der Waals surface area contributed by atoms with Crippen molar-refractivity contribution in [3.63, 3.8) is 0 Å². The Morgan fingerprint density at radius 1 is 0.972 bits per heavy atom. The van der Waals surface area contributed by atoms with Gasteiger partial charge in [0.25, 0.3) is 0 Å². The van der Waals surface area contributed by atoms with Crippen LogP contribution in [0.15, 0.2) is 30.6 Å². The third-order valence-corrected chi connectivity index (χ3v) is 6.05. The summed E-state index contributed by atoms with van der Waals surface area (Å²) in [5.74, 6) is -2.57. The first kappa shape index (κ1) is 23.7. The summed E-state index contributed by atoms with van der Waals surface area (Å²) in [4.78, 5) is 37.0. The molecule has 1 fully saturated rings. The van der Waals surface area contributed by atoms with E-state index in [9.17, 15) is 34.8 Å². The molecule has 5 unspecified atom stereocenters. The van der Waals surface area contributed by atoms with E-state index in [2.05, 4.69) is 0 Å². The zero-order chi connectivity index (χ0) is 26.0. The lowest BCUT2D eigenvalue weighted by atomic mass is 9.99. The molecule has 0 amide bonds. The van der Waals surface area contributed by atoms with Crippen molar-refractivity contribution in [2.45, 2.75) is 44.6 Å². The van der Waals surface area contributed by atoms with Gasteiger partial charge >= 0.3 is 17.2 Å². The van der Waals surface area contributed by atoms with E-state index >= 15 is 0 Å². The Hall–Kier alpha value is -4.07. The molecular weight excluding hydrogens is 484 g/mol. The molecule has 3 heterocycles. The van der Waals surface area contributed by atoms with Crippen LogP contribution in [0, 0.1) is 0 Å². The Labute approximate surface area is 199 Å². The van der Waals surface area contributed by atoms with Crippen LogP contribution < -0.4 is 20.7 Å². The van der Waals surface area contributed by atoms with Gasteiger partial charge in [0.2, 0.25) is 17.8 Å². The minimum atomic E-state index is -1.69. The molecule has 36 heavy (non-hydrogen) atoms. The normalized spacial score (nSPS) is 24.4. The summed E-state index contributed by atoms with van der Waals surface area (Å²) < 4.78 is 31.8. The van der Waals surface area contributed by atoms with Crippen LogP contribution in [0.25, 0.3) is 32.7 Å². The van der Waals surface area contributed by atoms with E-state index in [4.69, 9.17) is 27.8 Å². The van der Waals surface area contributed by atoms with Gasteiger partial charge in [-0.2, -0.15) is 0 Å². The first-order valence-corrected chi connectivity index (χ1v) is 10.7. The number of aliphatic hydroxyl groups is 2. The number of carbonyl (C=O) groups is 1. The lowest BCUT2D eigenvalue weighted by Gasteiger charge is -2.40. The van der Waals surface area contributed by atoms with Crippen molar-refractivity contribution in [2.24, 2.45) is 0 Å². The van der Waals surface area contributed by atoms with Crippen molar-refractivity contribution >= 4 is 38.7 Å². The largest absolute Gasteiger partial charge is 0.504 e. The highest BCUT2D eigenvalue weighted by molar-refractivity contribution is 6.22. The molecule has 0 radical (unpaired) electrons. The first-order chi connectivity index (χ1) is 17.0. The van der Waals surface area contributed by atoms with Gasteiger partial charge in [-0.25, -0.2) is 9.59 Å². The van der Waals surface area contributed by atoms with Gasteiger partial charge in [0.05, 0.1) is 24.0 Å². The number of phenols is 2. The summed E-state index contributed by atoms with van der Waals surface area (Å²) in [6.07, 6.45) is -7.01. The highest BCUT2D eigenvalue weighted by Crippen LogP contribution is 2.45. The lowest BCUT2D eigenvalue weighted by Crippen LogP contribution is -2.59. The highest BCUT2D eigenvalue weighted by atomic mass is 16.7. The van der Waals surface area contributed by atoms with E-state index in [1.807, 2.05) is 0 Å². The van der Waals surface area contributed by atoms with Gasteiger partial charge in [0, 0.05) is 17.7 Å². The van der Waals surface area contributed by atoms with Gasteiger partial charge in [-0.05, 0) is 19.1 Å². The van der Waals surface area contributed by atoms with E-state index in [-0.39, 0.29) is 32.9 Å². The standard InChI is InChI=1S/C23H20O13/c1-6-14(26)20(33-7(2)24)16(28)23(32-6)34-11-5-9-12-13-8(21(29)35-18(12)15(11)27)4-10(25)17(31-3)19(13)36-22(9)30/h4-6,14,16,20,23,25-28H,1-3H3. The topological polar surface area (TPSA) is 195 Å². The molecule has 0 bridgehead atoms. The number of hydrogen-bond donors (Lipinski definition) is 4. The molecule has 4 N–H and O–H groups in total. The Balaban J connectivity index is 1.70. The van der Waals surface area contributed by atoms with Crippen molar-refractivity contribution in [1.29, 1.82) is 0 Å². The smallest absolute Gasteiger partial charge is 0.344 e. The molecule has 190 valence electrons. The van der Waals surface area contributed by atoms with Crippen LogP contribution in [0.2, 0.25) is 0 Å². The van der Waals surface area contributed by atoms with Crippen molar-refractivity contribution in [3.8, 4) is 23.0 Å². The molecule has 13 heteroatoms. The Morgan fingerprint density at radius 2 is 1.58 bits per heavy atom. The number of esters is 1. The summed E-state index contributed by atoms with van der Waals surface area (Å²) in [5.41, 5.74) is -2.56. The predicted octanol–water partition coefficient (Wildman–Crippen LogP) is 0.687. The van der Waals surface area contributed by atoms with Crippen LogP contribution in [0.4, 0.5) is 0 Å². The third-order valence-electron chi connectivity index (χ3n) is 6.05. The number of rotatable bonds is 4. The van der Waals surface area contributed by atoms with Crippen LogP contribution in [0.3, 0.4) is 0 Å². The van der Waals surface area contributed by atoms with Gasteiger partial charge in [-0.3, -0.25) is 4.79 Å². The lowest BCUT2D eigenvalue weighted by molar-refractivity contribution is -0.272. The zero-order valence-corrected chi connectivity index (χ0v) is 19.0. The quantitative estimate of drug-likeness (QED) is 0.172. The molecule has 13 nitrogen and oxygen atoms in total. The third kappa shape index (κ3) is 3.39. The molecule has 1 aliphatic rings. The fourth-order valence-electron chi connectivity index (χ4n) is 4.40. The highest BCUT2D eigenvalue weighted by Gasteiger charge is 2.46. The second-order valence-corrected chi connectivity index (χ2v) is 8.32. The van der Waals surface area contributed by atoms with E-state index in [0.717, 1.165) is 19.1 Å². The van der Waals surface area contributed by atoms with Gasteiger partial charge in [-0.1, -0.05) is 0 Å². The van der Waals surface area contributed by atoms with Crippen molar-refractivity contribution in [1.82, 2.24) is 0 Å². The minimum absolute atomic E-state index is 0.00527. The molecule has 0 saturated carbocycles. The average Bonchev–Trinajstić information content (AvgIpc) is 2.81. The second kappa shape index (κ2) is 8.26. The van der Waals surface area contributed by atoms with Gasteiger partial charge in [-0.15, -0.1) is 0 Å². The Morgan fingerprint density at radius 3 is 2.22 bits per heavy atom. The maximum absolute atomic E-state index is 12.9. The number of hydrogen-bond acceptors (Lipinski definition) is 13. The maximum Gasteiger partial charge on any atom is 0.344 e. The van der Waals surface area contributed by atoms with Crippen molar-refractivity contribution in [2.75, 3.05) is 7.11 Å². The molecule has 1 aliphatic heterocycles. The average molecular weight is 504 g/mol. The summed E-state index contributed by atoms with van der Waals surface area (Å²) >= 11 is 0. The minimum Gasteiger partial charge on any atom is -0.504 e. The maximum atomic E-state index is 12.9. The Kier molecular flexibility index (Phi) is 5.43. The summed E-state index contributed by atoms with van der Waals surface area (Å²) in [7, 11) is 1.23. The first-order valence-electron chi connectivity index (χ1n) is 10.7. The van der Waals surface area contributed by atoms with Crippen LogP contribution in [0.5, 0.6) is 23.0 Å². The number of methoxy groups -OCH3 is 1. The summed E-state index contributed by atoms with van der Waals surface area (Å²) in [5, 5.41) is 41.8. The van der Waals surface area contributed by atoms with Gasteiger partial charge in [0.1, 0.15) is 6.10 Å². The number of aromatic hydroxyl groups is 2. The van der Waals surface area contributed by atoms with Gasteiger partial charge < -0.3 is 48.2 Å². The number of phenolic OH excluding ortho intramolecular Hbond substituents is 2. The predicted molar refractivity (Wildman–Crippen MR) is 120 cm³/mol. The van der Waals surface area contributed by atoms with E-state index in [1.165, 1.54) is 14.0 Å². The fraction of sp³-hybridized carbons (Fsp3) is 0.348. The van der Waals surface area contributed by atoms with Crippen LogP contribution >= 0.6 is 0 Å². The number of carbonyl (C=O) groups excluding carboxylic acids is 1.